The number of hydrogen-bond donors (Lipinski definition) is 0. The third-order valence-electron chi connectivity index (χ3n) is 3.82. The van der Waals surface area contributed by atoms with Gasteiger partial charge < -0.3 is 0 Å². The van der Waals surface area contributed by atoms with Gasteiger partial charge in [0.15, 0.2) is 6.20 Å². The van der Waals surface area contributed by atoms with Gasteiger partial charge in [-0.2, -0.15) is 0 Å². The summed E-state index contributed by atoms with van der Waals surface area (Å²) in [7, 11) is 2.08. The molecule has 2 heterocycles. The average Bonchev–Trinajstić information content (AvgIpc) is 2.47. The molecule has 22 heavy (non-hydrogen) atoms. The van der Waals surface area contributed by atoms with Gasteiger partial charge in [-0.25, -0.2) is 14.5 Å². The Morgan fingerprint density at radius 1 is 0.909 bits per heavy atom. The van der Waals surface area contributed by atoms with Gasteiger partial charge in [-0.3, -0.25) is 0 Å². The molecule has 0 fully saturated rings. The maximum absolute atomic E-state index is 4.54. The Kier molecular flexibility index (Phi) is 3.72. The van der Waals surface area contributed by atoms with E-state index < -0.39 is 0 Å². The monoisotopic (exact) mass is 290 g/mol. The van der Waals surface area contributed by atoms with Crippen LogP contribution < -0.4 is 4.57 Å². The lowest BCUT2D eigenvalue weighted by molar-refractivity contribution is -0.659. The first kappa shape index (κ1) is 14.4. The van der Waals surface area contributed by atoms with Gasteiger partial charge in [0.2, 0.25) is 5.69 Å². The van der Waals surface area contributed by atoms with Crippen molar-refractivity contribution in [2.24, 2.45) is 7.05 Å². The first-order valence-electron chi connectivity index (χ1n) is 7.43. The summed E-state index contributed by atoms with van der Waals surface area (Å²) in [4.78, 5) is 8.88. The number of hydrogen-bond acceptors (Lipinski definition) is 2. The van der Waals surface area contributed by atoms with Crippen molar-refractivity contribution in [3.63, 3.8) is 0 Å². The number of nitrogens with zero attached hydrogens (tertiary/aromatic N) is 3. The van der Waals surface area contributed by atoms with Crippen molar-refractivity contribution in [1.82, 2.24) is 9.97 Å². The van der Waals surface area contributed by atoms with Crippen molar-refractivity contribution in [3.05, 3.63) is 65.7 Å². The molecule has 0 aliphatic heterocycles. The summed E-state index contributed by atoms with van der Waals surface area (Å²) in [6, 6.07) is 14.7. The molecule has 0 bridgehead atoms. The van der Waals surface area contributed by atoms with Crippen molar-refractivity contribution < 1.29 is 4.57 Å². The zero-order valence-corrected chi connectivity index (χ0v) is 13.5. The third-order valence-corrected chi connectivity index (χ3v) is 3.82. The standard InChI is InChI=1S/C19H20N3/c1-13-7-5-6-8-17(13)19-10-9-16(12-22(19)4)18-11-14(2)20-15(3)21-18/h5-12H,1-4H3/q+1. The van der Waals surface area contributed by atoms with Crippen LogP contribution in [0.2, 0.25) is 0 Å². The van der Waals surface area contributed by atoms with Crippen molar-refractivity contribution in [2.75, 3.05) is 0 Å². The maximum atomic E-state index is 4.54. The van der Waals surface area contributed by atoms with E-state index in [0.717, 1.165) is 22.8 Å². The fraction of sp³-hybridized carbons (Fsp3) is 0.211. The van der Waals surface area contributed by atoms with E-state index in [0.29, 0.717) is 0 Å². The molecule has 0 saturated carbocycles. The molecule has 0 atom stereocenters. The van der Waals surface area contributed by atoms with Crippen molar-refractivity contribution >= 4 is 0 Å². The third kappa shape index (κ3) is 2.75. The van der Waals surface area contributed by atoms with Crippen LogP contribution in [0.15, 0.2) is 48.7 Å². The molecule has 110 valence electrons. The summed E-state index contributed by atoms with van der Waals surface area (Å²) < 4.78 is 2.16. The lowest BCUT2D eigenvalue weighted by Crippen LogP contribution is -2.31. The molecule has 3 heteroatoms. The largest absolute Gasteiger partial charge is 0.239 e. The number of rotatable bonds is 2. The van der Waals surface area contributed by atoms with Crippen LogP contribution in [0.5, 0.6) is 0 Å². The molecule has 3 nitrogen and oxygen atoms in total. The minimum Gasteiger partial charge on any atom is -0.239 e. The second-order valence-corrected chi connectivity index (χ2v) is 5.67. The number of pyridine rings is 1. The molecule has 0 aliphatic carbocycles. The van der Waals surface area contributed by atoms with Crippen LogP contribution in [0.3, 0.4) is 0 Å². The Morgan fingerprint density at radius 3 is 2.36 bits per heavy atom. The Hall–Kier alpha value is -2.55. The summed E-state index contributed by atoms with van der Waals surface area (Å²) in [5.74, 6) is 0.806. The second-order valence-electron chi connectivity index (χ2n) is 5.67. The molecule has 0 radical (unpaired) electrons. The topological polar surface area (TPSA) is 29.7 Å². The van der Waals surface area contributed by atoms with Crippen LogP contribution in [-0.2, 0) is 7.05 Å². The highest BCUT2D eigenvalue weighted by molar-refractivity contribution is 5.64. The summed E-state index contributed by atoms with van der Waals surface area (Å²) >= 11 is 0. The van der Waals surface area contributed by atoms with Crippen LogP contribution in [0, 0.1) is 20.8 Å². The first-order valence-corrected chi connectivity index (χ1v) is 7.43. The van der Waals surface area contributed by atoms with E-state index in [1.165, 1.54) is 16.8 Å². The van der Waals surface area contributed by atoms with Gasteiger partial charge in [0, 0.05) is 17.3 Å². The first-order chi connectivity index (χ1) is 10.5. The van der Waals surface area contributed by atoms with E-state index >= 15 is 0 Å². The Morgan fingerprint density at radius 2 is 1.68 bits per heavy atom. The highest BCUT2D eigenvalue weighted by Gasteiger charge is 2.14. The molecule has 0 amide bonds. The summed E-state index contributed by atoms with van der Waals surface area (Å²) in [5.41, 5.74) is 6.80. The predicted octanol–water partition coefficient (Wildman–Crippen LogP) is 3.56. The quantitative estimate of drug-likeness (QED) is 0.675. The lowest BCUT2D eigenvalue weighted by Gasteiger charge is -2.06. The highest BCUT2D eigenvalue weighted by Crippen LogP contribution is 2.22. The fourth-order valence-corrected chi connectivity index (χ4v) is 2.76. The van der Waals surface area contributed by atoms with Crippen LogP contribution >= 0.6 is 0 Å². The van der Waals surface area contributed by atoms with Crippen molar-refractivity contribution in [3.8, 4) is 22.5 Å². The Balaban J connectivity index is 2.08. The van der Waals surface area contributed by atoms with Gasteiger partial charge in [-0.1, -0.05) is 18.2 Å². The van der Waals surface area contributed by atoms with E-state index in [1.54, 1.807) is 0 Å². The van der Waals surface area contributed by atoms with E-state index in [-0.39, 0.29) is 0 Å². The van der Waals surface area contributed by atoms with E-state index in [1.807, 2.05) is 19.9 Å². The SMILES string of the molecule is Cc1cc(-c2ccc(-c3ccccc3C)[n+](C)c2)nc(C)n1. The molecule has 0 unspecified atom stereocenters. The zero-order valence-electron chi connectivity index (χ0n) is 13.5. The minimum atomic E-state index is 0.806. The average molecular weight is 290 g/mol. The van der Waals surface area contributed by atoms with E-state index in [9.17, 15) is 0 Å². The molecular formula is C19H20N3+. The normalized spacial score (nSPS) is 10.7. The van der Waals surface area contributed by atoms with Gasteiger partial charge in [-0.15, -0.1) is 0 Å². The molecular weight excluding hydrogens is 270 g/mol. The zero-order chi connectivity index (χ0) is 15.7. The predicted molar refractivity (Wildman–Crippen MR) is 88.3 cm³/mol. The summed E-state index contributed by atoms with van der Waals surface area (Å²) in [5, 5.41) is 0. The Labute approximate surface area is 131 Å². The van der Waals surface area contributed by atoms with Gasteiger partial charge in [0.05, 0.1) is 11.3 Å². The molecule has 1 aromatic carbocycles. The highest BCUT2D eigenvalue weighted by atomic mass is 14.9. The molecule has 0 spiro atoms. The number of aryl methyl sites for hydroxylation is 4. The van der Waals surface area contributed by atoms with Gasteiger partial charge >= 0.3 is 0 Å². The van der Waals surface area contributed by atoms with E-state index in [2.05, 4.69) is 71.1 Å². The molecule has 3 rings (SSSR count). The number of benzene rings is 1. The smallest absolute Gasteiger partial charge is 0.212 e. The summed E-state index contributed by atoms with van der Waals surface area (Å²) in [6.45, 7) is 6.07. The van der Waals surface area contributed by atoms with Gasteiger partial charge in [0.25, 0.3) is 0 Å². The van der Waals surface area contributed by atoms with Crippen LogP contribution in [-0.4, -0.2) is 9.97 Å². The maximum Gasteiger partial charge on any atom is 0.212 e. The van der Waals surface area contributed by atoms with E-state index in [4.69, 9.17) is 0 Å². The fourth-order valence-electron chi connectivity index (χ4n) is 2.76. The van der Waals surface area contributed by atoms with Crippen LogP contribution in [0.25, 0.3) is 22.5 Å². The molecule has 2 aromatic heterocycles. The van der Waals surface area contributed by atoms with Crippen molar-refractivity contribution in [2.45, 2.75) is 20.8 Å². The molecule has 3 aromatic rings. The minimum absolute atomic E-state index is 0.806. The lowest BCUT2D eigenvalue weighted by atomic mass is 10.0. The number of aromatic nitrogens is 3. The molecule has 0 aliphatic rings. The van der Waals surface area contributed by atoms with Gasteiger partial charge in [-0.05, 0) is 44.5 Å². The second kappa shape index (κ2) is 5.68. The summed E-state index contributed by atoms with van der Waals surface area (Å²) in [6.07, 6.45) is 2.13. The molecule has 0 N–H and O–H groups in total. The Bertz CT molecular complexity index is 818. The van der Waals surface area contributed by atoms with Crippen molar-refractivity contribution in [1.29, 1.82) is 0 Å². The van der Waals surface area contributed by atoms with Crippen LogP contribution in [0.4, 0.5) is 0 Å². The van der Waals surface area contributed by atoms with Gasteiger partial charge in [0.1, 0.15) is 12.9 Å². The van der Waals surface area contributed by atoms with Crippen LogP contribution in [0.1, 0.15) is 17.1 Å². The molecule has 0 saturated heterocycles.